The third-order valence-corrected chi connectivity index (χ3v) is 14.3. The Labute approximate surface area is 374 Å². The molecule has 1 unspecified atom stereocenters. The van der Waals surface area contributed by atoms with Gasteiger partial charge in [-0.1, -0.05) is 48.5 Å². The number of methoxy groups -OCH3 is 1. The molecule has 3 aliphatic rings. The number of sulfone groups is 1. The molecule has 334 valence electrons. The molecule has 1 aromatic heterocycles. The number of hydrogen-bond acceptors (Lipinski definition) is 13. The van der Waals surface area contributed by atoms with Crippen molar-refractivity contribution < 1.29 is 32.3 Å². The SMILES string of the molecule is C=C1c2cccc(CCCN3CCO[C@@H](CN(C)CCc4cc(OC)c(Nc5ncc(Cl)c(Nc6ccccc6S(=O)(=O)C(C)C)n5)cc4C)C3)c2C(=O)N1C1CCC(=O)NC1=O. The molecule has 17 heteroatoms. The van der Waals surface area contributed by atoms with Gasteiger partial charge in [0, 0.05) is 43.9 Å². The van der Waals surface area contributed by atoms with Gasteiger partial charge in [0.2, 0.25) is 17.8 Å². The normalized spacial score (nSPS) is 18.3. The number of para-hydroxylation sites is 1. The van der Waals surface area contributed by atoms with Crippen molar-refractivity contribution in [3.05, 3.63) is 100 Å². The monoisotopic (exact) mass is 898 g/mol. The maximum absolute atomic E-state index is 13.7. The molecule has 3 aliphatic heterocycles. The Bertz CT molecular complexity index is 2520. The Balaban J connectivity index is 0.911. The molecule has 63 heavy (non-hydrogen) atoms. The molecule has 3 amide bonds. The summed E-state index contributed by atoms with van der Waals surface area (Å²) < 4.78 is 38.1. The molecule has 2 fully saturated rings. The van der Waals surface area contributed by atoms with Gasteiger partial charge in [0.05, 0.1) is 53.1 Å². The molecule has 3 aromatic carbocycles. The second-order valence-corrected chi connectivity index (χ2v) is 19.4. The van der Waals surface area contributed by atoms with Crippen molar-refractivity contribution in [1.82, 2.24) is 30.0 Å². The number of carbonyl (C=O) groups is 3. The highest BCUT2D eigenvalue weighted by molar-refractivity contribution is 7.92. The first-order valence-electron chi connectivity index (χ1n) is 21.2. The number of carbonyl (C=O) groups excluding carboxylic acids is 3. The Kier molecular flexibility index (Phi) is 14.2. The average Bonchev–Trinajstić information content (AvgIpc) is 3.50. The van der Waals surface area contributed by atoms with Crippen LogP contribution in [0, 0.1) is 6.92 Å². The van der Waals surface area contributed by atoms with Crippen LogP contribution in [0.5, 0.6) is 5.75 Å². The number of nitrogens with zero attached hydrogens (tertiary/aromatic N) is 5. The predicted octanol–water partition coefficient (Wildman–Crippen LogP) is 6.16. The van der Waals surface area contributed by atoms with Gasteiger partial charge in [-0.2, -0.15) is 4.98 Å². The van der Waals surface area contributed by atoms with Crippen molar-refractivity contribution in [2.45, 2.75) is 75.2 Å². The first-order valence-corrected chi connectivity index (χ1v) is 23.1. The number of rotatable bonds is 17. The lowest BCUT2D eigenvalue weighted by molar-refractivity contribution is -0.136. The second kappa shape index (κ2) is 19.6. The van der Waals surface area contributed by atoms with Crippen molar-refractivity contribution in [3.8, 4) is 5.75 Å². The van der Waals surface area contributed by atoms with Gasteiger partial charge in [0.25, 0.3) is 5.91 Å². The van der Waals surface area contributed by atoms with Crippen molar-refractivity contribution in [3.63, 3.8) is 0 Å². The van der Waals surface area contributed by atoms with E-state index >= 15 is 0 Å². The van der Waals surface area contributed by atoms with E-state index in [1.54, 1.807) is 45.2 Å². The molecule has 0 saturated carbocycles. The highest BCUT2D eigenvalue weighted by Gasteiger charge is 2.42. The number of benzene rings is 3. The molecule has 4 aromatic rings. The summed E-state index contributed by atoms with van der Waals surface area (Å²) in [4.78, 5) is 53.3. The number of morpholine rings is 1. The molecule has 4 heterocycles. The molecule has 0 bridgehead atoms. The molecule has 3 N–H and O–H groups in total. The summed E-state index contributed by atoms with van der Waals surface area (Å²) in [5.74, 6) is 0.114. The maximum atomic E-state index is 13.7. The largest absolute Gasteiger partial charge is 0.495 e. The van der Waals surface area contributed by atoms with Gasteiger partial charge in [0.1, 0.15) is 16.8 Å². The summed E-state index contributed by atoms with van der Waals surface area (Å²) >= 11 is 6.47. The number of anilines is 4. The fraction of sp³-hybridized carbons (Fsp3) is 0.413. The minimum Gasteiger partial charge on any atom is -0.495 e. The number of imide groups is 1. The summed E-state index contributed by atoms with van der Waals surface area (Å²) in [7, 11) is 0.138. The third kappa shape index (κ3) is 10.2. The van der Waals surface area contributed by atoms with Gasteiger partial charge in [-0.15, -0.1) is 0 Å². The number of piperidine rings is 1. The fourth-order valence-corrected chi connectivity index (χ4v) is 9.71. The van der Waals surface area contributed by atoms with E-state index in [-0.39, 0.29) is 52.4 Å². The standard InChI is InChI=1S/C46H55ClN8O7S/c1-28(2)63(59,60)40-15-8-7-14-36(40)49-43-35(47)25-48-46(52-43)50-37-23-29(3)32(24-39(37)61-6)18-20-53(5)26-33-27-54(21-22-62-33)19-10-12-31-11-9-13-34-30(4)55(45(58)42(31)34)38-16-17-41(56)51-44(38)57/h7-9,11,13-15,23-25,28,33,38H,4,10,12,16-22,26-27H2,1-3,5-6H3,(H,51,56,57)(H2,48,49,50,52)/t33-,38?/m0/s1. The molecule has 2 atom stereocenters. The maximum Gasteiger partial charge on any atom is 0.259 e. The molecule has 0 aliphatic carbocycles. The van der Waals surface area contributed by atoms with E-state index in [1.807, 2.05) is 37.3 Å². The van der Waals surface area contributed by atoms with Crippen LogP contribution in [0.3, 0.4) is 0 Å². The van der Waals surface area contributed by atoms with Gasteiger partial charge in [-0.25, -0.2) is 13.4 Å². The van der Waals surface area contributed by atoms with E-state index in [0.29, 0.717) is 41.4 Å². The van der Waals surface area contributed by atoms with Crippen LogP contribution in [0.1, 0.15) is 65.7 Å². The molecule has 15 nitrogen and oxygen atoms in total. The number of aromatic nitrogens is 2. The van der Waals surface area contributed by atoms with Crippen LogP contribution in [-0.4, -0.2) is 122 Å². The van der Waals surface area contributed by atoms with Gasteiger partial charge in [0.15, 0.2) is 15.7 Å². The number of hydrogen-bond donors (Lipinski definition) is 3. The smallest absolute Gasteiger partial charge is 0.259 e. The lowest BCUT2D eigenvalue weighted by Gasteiger charge is -2.35. The van der Waals surface area contributed by atoms with Gasteiger partial charge >= 0.3 is 0 Å². The lowest BCUT2D eigenvalue weighted by Crippen LogP contribution is -2.52. The van der Waals surface area contributed by atoms with Gasteiger partial charge in [-0.05, 0) is 101 Å². The van der Waals surface area contributed by atoms with E-state index in [0.717, 1.165) is 67.8 Å². The third-order valence-electron chi connectivity index (χ3n) is 11.8. The Hall–Kier alpha value is -5.39. The van der Waals surface area contributed by atoms with Crippen LogP contribution in [0.15, 0.2) is 72.3 Å². The highest BCUT2D eigenvalue weighted by atomic mass is 35.5. The van der Waals surface area contributed by atoms with Crippen LogP contribution in [-0.2, 0) is 37.0 Å². The molecular weight excluding hydrogens is 844 g/mol. The number of amides is 3. The topological polar surface area (TPSA) is 175 Å². The van der Waals surface area contributed by atoms with Crippen LogP contribution in [0.25, 0.3) is 5.70 Å². The number of halogens is 1. The van der Waals surface area contributed by atoms with Crippen molar-refractivity contribution in [2.24, 2.45) is 0 Å². The number of fused-ring (bicyclic) bond motifs is 1. The zero-order chi connectivity index (χ0) is 45.0. The average molecular weight is 900 g/mol. The van der Waals surface area contributed by atoms with E-state index in [4.69, 9.17) is 21.1 Å². The Morgan fingerprint density at radius 1 is 1.06 bits per heavy atom. The van der Waals surface area contributed by atoms with Gasteiger partial charge < -0.3 is 25.0 Å². The quantitative estimate of drug-likeness (QED) is 0.103. The molecular formula is C46H55ClN8O7S. The van der Waals surface area contributed by atoms with E-state index < -0.39 is 27.0 Å². The van der Waals surface area contributed by atoms with E-state index in [9.17, 15) is 22.8 Å². The Morgan fingerprint density at radius 2 is 1.86 bits per heavy atom. The first-order chi connectivity index (χ1) is 30.1. The number of aryl methyl sites for hydroxylation is 2. The zero-order valence-electron chi connectivity index (χ0n) is 36.4. The van der Waals surface area contributed by atoms with Crippen molar-refractivity contribution in [1.29, 1.82) is 0 Å². The lowest BCUT2D eigenvalue weighted by atomic mass is 9.98. The summed E-state index contributed by atoms with van der Waals surface area (Å²) in [5, 5.41) is 8.32. The molecule has 0 radical (unpaired) electrons. The number of likely N-dealkylation sites (N-methyl/N-ethyl adjacent to an activating group) is 1. The molecule has 2 saturated heterocycles. The first kappa shape index (κ1) is 45.6. The van der Waals surface area contributed by atoms with Gasteiger partial charge in [-0.3, -0.25) is 29.5 Å². The van der Waals surface area contributed by atoms with Crippen LogP contribution in [0.2, 0.25) is 5.02 Å². The molecule has 7 rings (SSSR count). The van der Waals surface area contributed by atoms with Crippen molar-refractivity contribution >= 4 is 68.0 Å². The Morgan fingerprint density at radius 3 is 2.62 bits per heavy atom. The minimum absolute atomic E-state index is 0.0470. The van der Waals surface area contributed by atoms with Crippen LogP contribution >= 0.6 is 11.6 Å². The minimum atomic E-state index is -3.57. The van der Waals surface area contributed by atoms with Crippen LogP contribution in [0.4, 0.5) is 23.1 Å². The summed E-state index contributed by atoms with van der Waals surface area (Å²) in [5.41, 5.74) is 6.02. The summed E-state index contributed by atoms with van der Waals surface area (Å²) in [6, 6.07) is 15.7. The van der Waals surface area contributed by atoms with E-state index in [1.165, 1.54) is 11.1 Å². The number of ether oxygens (including phenoxy) is 2. The molecule has 0 spiro atoms. The summed E-state index contributed by atoms with van der Waals surface area (Å²) in [6.45, 7) is 14.2. The van der Waals surface area contributed by atoms with Crippen LogP contribution < -0.4 is 20.7 Å². The summed E-state index contributed by atoms with van der Waals surface area (Å²) in [6.07, 6.45) is 4.31. The zero-order valence-corrected chi connectivity index (χ0v) is 37.9. The second-order valence-electron chi connectivity index (χ2n) is 16.5. The predicted molar refractivity (Wildman–Crippen MR) is 244 cm³/mol. The highest BCUT2D eigenvalue weighted by Crippen LogP contribution is 2.38. The van der Waals surface area contributed by atoms with Crippen molar-refractivity contribution in [2.75, 3.05) is 64.1 Å². The number of nitrogens with one attached hydrogen (secondary N) is 3. The van der Waals surface area contributed by atoms with E-state index in [2.05, 4.69) is 49.3 Å². The fourth-order valence-electron chi connectivity index (χ4n) is 8.37.